The first-order valence-corrected chi connectivity index (χ1v) is 11.9. The molecule has 36 heavy (non-hydrogen) atoms. The fraction of sp³-hybridized carbons (Fsp3) is 0.346. The van der Waals surface area contributed by atoms with Crippen LogP contribution in [0.5, 0.6) is 5.75 Å². The van der Waals surface area contributed by atoms with Crippen LogP contribution in [0.25, 0.3) is 16.9 Å². The standard InChI is InChI=1S/C26H25F3N6O/c1-14-3-6-21-20(7-14)15(2)36-22-9-18(11-31-25(22)30)24-17(12-32-34(24)13-16-4-5-16)8-19-10-23(26(27,28)29)33-35(19)21/h3,6-7,9-12,15-16H,4-5,8,13H2,1-2H3,(H2,30,31). The molecule has 2 bridgehead atoms. The molecule has 4 heterocycles. The van der Waals surface area contributed by atoms with Crippen LogP contribution >= 0.6 is 0 Å². The van der Waals surface area contributed by atoms with Gasteiger partial charge in [-0.3, -0.25) is 4.68 Å². The number of anilines is 1. The van der Waals surface area contributed by atoms with Crippen molar-refractivity contribution in [3.05, 3.63) is 70.8 Å². The molecule has 0 spiro atoms. The third-order valence-corrected chi connectivity index (χ3v) is 6.80. The summed E-state index contributed by atoms with van der Waals surface area (Å²) in [5.41, 5.74) is 10.2. The first kappa shape index (κ1) is 22.6. The molecule has 2 aliphatic rings. The van der Waals surface area contributed by atoms with E-state index in [1.165, 1.54) is 4.68 Å². The van der Waals surface area contributed by atoms with Gasteiger partial charge >= 0.3 is 6.18 Å². The largest absolute Gasteiger partial charge is 0.482 e. The van der Waals surface area contributed by atoms with E-state index in [0.717, 1.165) is 47.8 Å². The first-order chi connectivity index (χ1) is 17.2. The number of fused-ring (bicyclic) bond motifs is 7. The smallest absolute Gasteiger partial charge is 0.435 e. The van der Waals surface area contributed by atoms with Crippen molar-refractivity contribution < 1.29 is 17.9 Å². The molecule has 10 heteroatoms. The Bertz CT molecular complexity index is 1470. The van der Waals surface area contributed by atoms with Crippen molar-refractivity contribution in [1.82, 2.24) is 24.5 Å². The molecule has 6 rings (SSSR count). The van der Waals surface area contributed by atoms with Crippen LogP contribution in [0.3, 0.4) is 0 Å². The van der Waals surface area contributed by atoms with Gasteiger partial charge in [-0.15, -0.1) is 0 Å². The van der Waals surface area contributed by atoms with Gasteiger partial charge in [0.1, 0.15) is 6.10 Å². The third kappa shape index (κ3) is 4.00. The summed E-state index contributed by atoms with van der Waals surface area (Å²) >= 11 is 0. The molecule has 1 unspecified atom stereocenters. The molecule has 7 nitrogen and oxygen atoms in total. The Kier molecular flexibility index (Phi) is 5.10. The number of nitrogens with two attached hydrogens (primary N) is 1. The summed E-state index contributed by atoms with van der Waals surface area (Å²) < 4.78 is 51.0. The third-order valence-electron chi connectivity index (χ3n) is 6.80. The number of rotatable bonds is 2. The summed E-state index contributed by atoms with van der Waals surface area (Å²) in [4.78, 5) is 4.38. The van der Waals surface area contributed by atoms with Crippen LogP contribution in [-0.2, 0) is 19.1 Å². The molecule has 1 aromatic carbocycles. The minimum absolute atomic E-state index is 0.214. The van der Waals surface area contributed by atoms with Gasteiger partial charge in [0.25, 0.3) is 0 Å². The summed E-state index contributed by atoms with van der Waals surface area (Å²) in [6.45, 7) is 4.50. The fourth-order valence-corrected chi connectivity index (χ4v) is 4.78. The van der Waals surface area contributed by atoms with Crippen molar-refractivity contribution >= 4 is 5.82 Å². The molecule has 1 aliphatic carbocycles. The topological polar surface area (TPSA) is 83.8 Å². The minimum atomic E-state index is -4.58. The number of benzene rings is 1. The highest BCUT2D eigenvalue weighted by Crippen LogP contribution is 2.39. The van der Waals surface area contributed by atoms with Crippen LogP contribution in [0, 0.1) is 12.8 Å². The highest BCUT2D eigenvalue weighted by Gasteiger charge is 2.36. The lowest BCUT2D eigenvalue weighted by atomic mass is 10.0. The molecular weight excluding hydrogens is 469 g/mol. The van der Waals surface area contributed by atoms with E-state index in [1.807, 2.05) is 36.7 Å². The van der Waals surface area contributed by atoms with Crippen LogP contribution in [-0.4, -0.2) is 24.5 Å². The zero-order valence-corrected chi connectivity index (χ0v) is 19.9. The number of aromatic nitrogens is 5. The van der Waals surface area contributed by atoms with Crippen molar-refractivity contribution in [3.8, 4) is 22.7 Å². The van der Waals surface area contributed by atoms with Crippen molar-refractivity contribution in [1.29, 1.82) is 0 Å². The molecule has 1 saturated carbocycles. The van der Waals surface area contributed by atoms with Gasteiger partial charge in [0.15, 0.2) is 17.3 Å². The summed E-state index contributed by atoms with van der Waals surface area (Å²) in [6.07, 6.45) is 0.774. The summed E-state index contributed by atoms with van der Waals surface area (Å²) in [7, 11) is 0. The van der Waals surface area contributed by atoms with E-state index in [0.29, 0.717) is 28.6 Å². The number of aryl methyl sites for hydroxylation is 1. The van der Waals surface area contributed by atoms with Crippen molar-refractivity contribution in [2.75, 3.05) is 5.73 Å². The Morgan fingerprint density at radius 2 is 1.94 bits per heavy atom. The second kappa shape index (κ2) is 8.11. The highest BCUT2D eigenvalue weighted by molar-refractivity contribution is 5.68. The fourth-order valence-electron chi connectivity index (χ4n) is 4.78. The van der Waals surface area contributed by atoms with Crippen LogP contribution in [0.2, 0.25) is 0 Å². The number of pyridine rings is 1. The van der Waals surface area contributed by atoms with Gasteiger partial charge in [0, 0.05) is 41.5 Å². The molecule has 0 amide bonds. The maximum atomic E-state index is 13.8. The zero-order chi connectivity index (χ0) is 25.2. The molecule has 186 valence electrons. The van der Waals surface area contributed by atoms with Gasteiger partial charge in [0.2, 0.25) is 0 Å². The predicted octanol–water partition coefficient (Wildman–Crippen LogP) is 5.49. The van der Waals surface area contributed by atoms with Gasteiger partial charge in [-0.1, -0.05) is 17.7 Å². The molecule has 0 saturated heterocycles. The number of halogens is 3. The minimum Gasteiger partial charge on any atom is -0.482 e. The van der Waals surface area contributed by atoms with Gasteiger partial charge in [-0.25, -0.2) is 9.67 Å². The van der Waals surface area contributed by atoms with Gasteiger partial charge in [0.05, 0.1) is 17.6 Å². The van der Waals surface area contributed by atoms with Crippen LogP contribution in [0.1, 0.15) is 53.9 Å². The predicted molar refractivity (Wildman–Crippen MR) is 128 cm³/mol. The van der Waals surface area contributed by atoms with Crippen molar-refractivity contribution in [2.24, 2.45) is 5.92 Å². The van der Waals surface area contributed by atoms with Gasteiger partial charge < -0.3 is 10.5 Å². The lowest BCUT2D eigenvalue weighted by Gasteiger charge is -2.22. The Labute approximate surface area is 205 Å². The Morgan fingerprint density at radius 1 is 1.14 bits per heavy atom. The van der Waals surface area contributed by atoms with E-state index in [9.17, 15) is 13.2 Å². The second-order valence-electron chi connectivity index (χ2n) is 9.68. The van der Waals surface area contributed by atoms with E-state index in [1.54, 1.807) is 18.5 Å². The Morgan fingerprint density at radius 3 is 2.69 bits per heavy atom. The van der Waals surface area contributed by atoms with Crippen molar-refractivity contribution in [2.45, 2.75) is 51.9 Å². The average Bonchev–Trinajstić information content (AvgIpc) is 3.40. The molecular formula is C26H25F3N6O. The number of alkyl halides is 3. The number of nitrogen functional groups attached to an aromatic ring is 1. The first-order valence-electron chi connectivity index (χ1n) is 11.9. The SMILES string of the molecule is Cc1ccc2c(c1)C(C)Oc1cc(cnc1N)-c1c(cnn1CC1CC1)Cc1cc(C(F)(F)F)nn1-2. The average molecular weight is 495 g/mol. The van der Waals surface area contributed by atoms with E-state index in [-0.39, 0.29) is 12.2 Å². The van der Waals surface area contributed by atoms with Gasteiger partial charge in [-0.05, 0) is 50.8 Å². The van der Waals surface area contributed by atoms with Crippen LogP contribution in [0.15, 0.2) is 42.7 Å². The van der Waals surface area contributed by atoms with Gasteiger partial charge in [-0.2, -0.15) is 23.4 Å². The number of nitrogens with zero attached hydrogens (tertiary/aromatic N) is 5. The van der Waals surface area contributed by atoms with E-state index >= 15 is 0 Å². The van der Waals surface area contributed by atoms with Crippen LogP contribution in [0.4, 0.5) is 19.0 Å². The van der Waals surface area contributed by atoms with Crippen molar-refractivity contribution in [3.63, 3.8) is 0 Å². The maximum Gasteiger partial charge on any atom is 0.435 e. The number of hydrogen-bond acceptors (Lipinski definition) is 5. The molecule has 3 aromatic heterocycles. The highest BCUT2D eigenvalue weighted by atomic mass is 19.4. The Balaban J connectivity index is 1.61. The van der Waals surface area contributed by atoms with E-state index < -0.39 is 18.0 Å². The Hall–Kier alpha value is -3.82. The summed E-state index contributed by atoms with van der Waals surface area (Å²) in [5.74, 6) is 1.20. The molecule has 2 N–H and O–H groups in total. The molecule has 1 aliphatic heterocycles. The van der Waals surface area contributed by atoms with Crippen LogP contribution < -0.4 is 10.5 Å². The zero-order valence-electron chi connectivity index (χ0n) is 19.9. The monoisotopic (exact) mass is 494 g/mol. The number of ether oxygens (including phenoxy) is 1. The van der Waals surface area contributed by atoms with E-state index in [4.69, 9.17) is 10.5 Å². The molecule has 0 radical (unpaired) electrons. The molecule has 1 atom stereocenters. The lowest BCUT2D eigenvalue weighted by molar-refractivity contribution is -0.141. The quantitative estimate of drug-likeness (QED) is 0.398. The molecule has 1 fully saturated rings. The summed E-state index contributed by atoms with van der Waals surface area (Å²) in [5, 5.41) is 8.62. The van der Waals surface area contributed by atoms with E-state index in [2.05, 4.69) is 15.2 Å². The summed E-state index contributed by atoms with van der Waals surface area (Å²) in [6, 6.07) is 8.50. The lowest BCUT2D eigenvalue weighted by Crippen LogP contribution is -2.14. The maximum absolute atomic E-state index is 13.8. The normalized spacial score (nSPS) is 17.3. The molecule has 4 aromatic rings. The number of hydrogen-bond donors (Lipinski definition) is 1. The second-order valence-corrected chi connectivity index (χ2v) is 9.68.